The Labute approximate surface area is 174 Å². The smallest absolute Gasteiger partial charge is 0.225 e. The molecule has 0 amide bonds. The summed E-state index contributed by atoms with van der Waals surface area (Å²) in [7, 11) is 3.27. The third kappa shape index (κ3) is 3.59. The molecule has 4 rings (SSSR count). The van der Waals surface area contributed by atoms with E-state index in [4.69, 9.17) is 20.2 Å². The Morgan fingerprint density at radius 3 is 2.37 bits per heavy atom. The van der Waals surface area contributed by atoms with Gasteiger partial charge in [-0.3, -0.25) is 0 Å². The van der Waals surface area contributed by atoms with Crippen molar-refractivity contribution in [2.24, 2.45) is 0 Å². The van der Waals surface area contributed by atoms with Gasteiger partial charge in [-0.05, 0) is 50.2 Å². The number of fused-ring (bicyclic) bond motifs is 1. The first-order valence-corrected chi connectivity index (χ1v) is 9.61. The van der Waals surface area contributed by atoms with Crippen molar-refractivity contribution in [2.45, 2.75) is 19.9 Å². The number of anilines is 2. The number of rotatable bonds is 6. The van der Waals surface area contributed by atoms with E-state index in [1.165, 1.54) is 0 Å². The van der Waals surface area contributed by atoms with Gasteiger partial charge in [-0.2, -0.15) is 4.98 Å². The van der Waals surface area contributed by atoms with E-state index < -0.39 is 0 Å². The van der Waals surface area contributed by atoms with Crippen molar-refractivity contribution in [2.75, 3.05) is 25.3 Å². The molecule has 4 aromatic rings. The molecule has 0 bridgehead atoms. The van der Waals surface area contributed by atoms with Crippen molar-refractivity contribution in [3.63, 3.8) is 0 Å². The summed E-state index contributed by atoms with van der Waals surface area (Å²) >= 11 is 0. The second kappa shape index (κ2) is 7.90. The molecule has 0 spiro atoms. The Morgan fingerprint density at radius 2 is 1.70 bits per heavy atom. The molecule has 30 heavy (non-hydrogen) atoms. The van der Waals surface area contributed by atoms with Gasteiger partial charge in [0.1, 0.15) is 17.3 Å². The molecule has 0 unspecified atom stereocenters. The van der Waals surface area contributed by atoms with Gasteiger partial charge >= 0.3 is 0 Å². The highest BCUT2D eigenvalue weighted by Crippen LogP contribution is 2.34. The summed E-state index contributed by atoms with van der Waals surface area (Å²) in [5.74, 6) is 2.45. The van der Waals surface area contributed by atoms with Gasteiger partial charge in [0.25, 0.3) is 0 Å². The number of methoxy groups -OCH3 is 2. The van der Waals surface area contributed by atoms with Crippen molar-refractivity contribution >= 4 is 22.8 Å². The molecule has 0 aliphatic rings. The number of nitrogens with two attached hydrogens (primary N) is 1. The van der Waals surface area contributed by atoms with E-state index in [1.54, 1.807) is 18.9 Å². The van der Waals surface area contributed by atoms with Crippen LogP contribution in [0.4, 0.5) is 11.8 Å². The highest BCUT2D eigenvalue weighted by atomic mass is 16.5. The highest BCUT2D eigenvalue weighted by Gasteiger charge is 2.20. The van der Waals surface area contributed by atoms with Gasteiger partial charge in [-0.25, -0.2) is 9.67 Å². The monoisotopic (exact) mass is 404 g/mol. The minimum atomic E-state index is 0.168. The fraction of sp³-hybridized carbons (Fsp3) is 0.227. The molecule has 0 fully saturated rings. The maximum absolute atomic E-state index is 6.54. The van der Waals surface area contributed by atoms with Crippen LogP contribution in [0.25, 0.3) is 28.0 Å². The second-order valence-corrected chi connectivity index (χ2v) is 7.12. The second-order valence-electron chi connectivity index (χ2n) is 7.12. The van der Waals surface area contributed by atoms with Gasteiger partial charge in [-0.15, -0.1) is 5.10 Å². The summed E-state index contributed by atoms with van der Waals surface area (Å²) in [6.07, 6.45) is 0. The SMILES string of the molecule is COc1ccc(-n2nc3nc(NC(C)C)nc(-c4cccc(OC)c4)c3c2N)cc1. The van der Waals surface area contributed by atoms with Gasteiger partial charge in [0, 0.05) is 11.6 Å². The molecule has 2 aromatic carbocycles. The number of nitrogens with one attached hydrogen (secondary N) is 1. The predicted molar refractivity (Wildman–Crippen MR) is 118 cm³/mol. The molecule has 2 heterocycles. The van der Waals surface area contributed by atoms with Crippen molar-refractivity contribution < 1.29 is 9.47 Å². The lowest BCUT2D eigenvalue weighted by molar-refractivity contribution is 0.414. The minimum absolute atomic E-state index is 0.168. The Hall–Kier alpha value is -3.81. The lowest BCUT2D eigenvalue weighted by Crippen LogP contribution is -2.13. The van der Waals surface area contributed by atoms with E-state index in [-0.39, 0.29) is 6.04 Å². The summed E-state index contributed by atoms with van der Waals surface area (Å²) in [6, 6.07) is 15.4. The molecular formula is C22H24N6O2. The molecule has 2 aromatic heterocycles. The number of hydrogen-bond donors (Lipinski definition) is 2. The van der Waals surface area contributed by atoms with Crippen LogP contribution in [0.1, 0.15) is 13.8 Å². The topological polar surface area (TPSA) is 100 Å². The van der Waals surface area contributed by atoms with Crippen molar-refractivity contribution in [1.29, 1.82) is 0 Å². The maximum atomic E-state index is 6.54. The van der Waals surface area contributed by atoms with E-state index in [0.717, 1.165) is 22.7 Å². The van der Waals surface area contributed by atoms with Gasteiger partial charge < -0.3 is 20.5 Å². The summed E-state index contributed by atoms with van der Waals surface area (Å²) in [5, 5.41) is 8.61. The first-order valence-electron chi connectivity index (χ1n) is 9.61. The van der Waals surface area contributed by atoms with Crippen LogP contribution in [-0.2, 0) is 0 Å². The largest absolute Gasteiger partial charge is 0.497 e. The zero-order valence-electron chi connectivity index (χ0n) is 17.4. The molecule has 0 radical (unpaired) electrons. The highest BCUT2D eigenvalue weighted by molar-refractivity contribution is 5.99. The average Bonchev–Trinajstić information content (AvgIpc) is 3.09. The molecular weight excluding hydrogens is 380 g/mol. The molecule has 0 saturated carbocycles. The summed E-state index contributed by atoms with van der Waals surface area (Å²) in [6.45, 7) is 4.06. The van der Waals surface area contributed by atoms with Crippen LogP contribution in [0, 0.1) is 0 Å². The Balaban J connectivity index is 1.94. The van der Waals surface area contributed by atoms with Crippen LogP contribution in [0.2, 0.25) is 0 Å². The van der Waals surface area contributed by atoms with Crippen molar-refractivity contribution in [3.8, 4) is 28.4 Å². The zero-order valence-corrected chi connectivity index (χ0v) is 17.4. The molecule has 0 aliphatic heterocycles. The number of hydrogen-bond acceptors (Lipinski definition) is 7. The van der Waals surface area contributed by atoms with E-state index in [1.807, 2.05) is 62.4 Å². The van der Waals surface area contributed by atoms with E-state index in [9.17, 15) is 0 Å². The molecule has 0 saturated heterocycles. The van der Waals surface area contributed by atoms with Crippen LogP contribution in [0.15, 0.2) is 48.5 Å². The molecule has 0 atom stereocenters. The van der Waals surface area contributed by atoms with Crippen molar-refractivity contribution in [1.82, 2.24) is 19.7 Å². The molecule has 154 valence electrons. The van der Waals surface area contributed by atoms with Crippen LogP contribution < -0.4 is 20.5 Å². The Bertz CT molecular complexity index is 1180. The lowest BCUT2D eigenvalue weighted by atomic mass is 10.1. The van der Waals surface area contributed by atoms with Crippen LogP contribution in [-0.4, -0.2) is 40.0 Å². The zero-order chi connectivity index (χ0) is 21.3. The standard InChI is InChI=1S/C22H24N6O2/c1-13(2)24-22-25-19(14-6-5-7-17(12-14)30-4)18-20(23)28(27-21(18)26-22)15-8-10-16(29-3)11-9-15/h5-13H,23H2,1-4H3,(H,24,26,27). The predicted octanol–water partition coefficient (Wildman–Crippen LogP) is 3.90. The van der Waals surface area contributed by atoms with E-state index in [2.05, 4.69) is 15.4 Å². The maximum Gasteiger partial charge on any atom is 0.225 e. The van der Waals surface area contributed by atoms with Crippen LogP contribution in [0.5, 0.6) is 11.5 Å². The molecule has 8 nitrogen and oxygen atoms in total. The third-order valence-corrected chi connectivity index (χ3v) is 4.65. The average molecular weight is 404 g/mol. The van der Waals surface area contributed by atoms with Gasteiger partial charge in [0.15, 0.2) is 5.65 Å². The summed E-state index contributed by atoms with van der Waals surface area (Å²) in [5.41, 5.74) is 9.42. The number of ether oxygens (including phenoxy) is 2. The lowest BCUT2D eigenvalue weighted by Gasteiger charge is -2.11. The molecule has 0 aliphatic carbocycles. The summed E-state index contributed by atoms with van der Waals surface area (Å²) < 4.78 is 12.3. The third-order valence-electron chi connectivity index (χ3n) is 4.65. The number of nitrogen functional groups attached to an aromatic ring is 1. The van der Waals surface area contributed by atoms with Crippen LogP contribution >= 0.6 is 0 Å². The Morgan fingerprint density at radius 1 is 0.967 bits per heavy atom. The van der Waals surface area contributed by atoms with Gasteiger partial charge in [-0.1, -0.05) is 12.1 Å². The fourth-order valence-electron chi connectivity index (χ4n) is 3.23. The molecule has 8 heteroatoms. The number of benzene rings is 2. The van der Waals surface area contributed by atoms with Crippen LogP contribution in [0.3, 0.4) is 0 Å². The summed E-state index contributed by atoms with van der Waals surface area (Å²) in [4.78, 5) is 9.35. The first-order chi connectivity index (χ1) is 14.5. The minimum Gasteiger partial charge on any atom is -0.497 e. The normalized spacial score (nSPS) is 11.1. The quantitative estimate of drug-likeness (QED) is 0.503. The first kappa shape index (κ1) is 19.5. The van der Waals surface area contributed by atoms with Gasteiger partial charge in [0.2, 0.25) is 5.95 Å². The van der Waals surface area contributed by atoms with E-state index in [0.29, 0.717) is 28.5 Å². The number of aromatic nitrogens is 4. The molecule has 3 N–H and O–H groups in total. The van der Waals surface area contributed by atoms with Gasteiger partial charge in [0.05, 0.1) is 31.0 Å². The van der Waals surface area contributed by atoms with E-state index >= 15 is 0 Å². The fourth-order valence-corrected chi connectivity index (χ4v) is 3.23. The number of nitrogens with zero attached hydrogens (tertiary/aromatic N) is 4. The van der Waals surface area contributed by atoms with Crippen molar-refractivity contribution in [3.05, 3.63) is 48.5 Å². The Kier molecular flexibility index (Phi) is 5.14.